The molecule has 0 amide bonds. The van der Waals surface area contributed by atoms with E-state index in [1.165, 1.54) is 0 Å². The highest BCUT2D eigenvalue weighted by atomic mass is 16.1. The molecule has 1 rings (SSSR count). The Bertz CT molecular complexity index is 208. The molecule has 0 aromatic carbocycles. The van der Waals surface area contributed by atoms with Crippen LogP contribution in [-0.4, -0.2) is 11.6 Å². The first-order valence-electron chi connectivity index (χ1n) is 4.57. The zero-order chi connectivity index (χ0) is 9.19. The maximum Gasteiger partial charge on any atom is 0.139 e. The predicted octanol–water partition coefficient (Wildman–Crippen LogP) is 2.11. The number of Topliss-reactive ketones (excluding diaryl/α,β-unsaturated/α-hetero) is 2. The lowest BCUT2D eigenvalue weighted by atomic mass is 9.72. The molecule has 0 unspecified atom stereocenters. The highest BCUT2D eigenvalue weighted by Crippen LogP contribution is 2.35. The highest BCUT2D eigenvalue weighted by Gasteiger charge is 2.35. The summed E-state index contributed by atoms with van der Waals surface area (Å²) in [5, 5.41) is 0. The largest absolute Gasteiger partial charge is 0.300 e. The number of hydrogen-bond acceptors (Lipinski definition) is 2. The van der Waals surface area contributed by atoms with E-state index in [4.69, 9.17) is 0 Å². The normalized spacial score (nSPS) is 30.3. The fourth-order valence-corrected chi connectivity index (χ4v) is 1.98. The van der Waals surface area contributed by atoms with Gasteiger partial charge in [-0.15, -0.1) is 0 Å². The van der Waals surface area contributed by atoms with Gasteiger partial charge in [-0.05, 0) is 19.8 Å². The molecular formula is C10H16O2. The van der Waals surface area contributed by atoms with Crippen LogP contribution in [0, 0.1) is 5.41 Å². The van der Waals surface area contributed by atoms with Crippen LogP contribution in [0.5, 0.6) is 0 Å². The molecule has 1 atom stereocenters. The van der Waals surface area contributed by atoms with Crippen molar-refractivity contribution in [3.63, 3.8) is 0 Å². The molecule has 0 spiro atoms. The number of hydrogen-bond donors (Lipinski definition) is 0. The van der Waals surface area contributed by atoms with Gasteiger partial charge in [-0.3, -0.25) is 9.59 Å². The Morgan fingerprint density at radius 2 is 2.17 bits per heavy atom. The summed E-state index contributed by atoms with van der Waals surface area (Å²) >= 11 is 0. The molecule has 0 aromatic heterocycles. The van der Waals surface area contributed by atoms with Crippen LogP contribution < -0.4 is 0 Å². The van der Waals surface area contributed by atoms with Gasteiger partial charge in [0.25, 0.3) is 0 Å². The van der Waals surface area contributed by atoms with Gasteiger partial charge in [-0.2, -0.15) is 0 Å². The summed E-state index contributed by atoms with van der Waals surface area (Å²) in [6.07, 6.45) is 4.10. The van der Waals surface area contributed by atoms with Gasteiger partial charge in [0.15, 0.2) is 0 Å². The molecular weight excluding hydrogens is 152 g/mol. The average molecular weight is 168 g/mol. The van der Waals surface area contributed by atoms with Crippen molar-refractivity contribution in [2.24, 2.45) is 5.41 Å². The van der Waals surface area contributed by atoms with Crippen molar-refractivity contribution in [2.45, 2.75) is 46.0 Å². The molecule has 1 fully saturated rings. The van der Waals surface area contributed by atoms with E-state index in [1.807, 2.05) is 6.92 Å². The van der Waals surface area contributed by atoms with Gasteiger partial charge in [0.05, 0.1) is 0 Å². The topological polar surface area (TPSA) is 34.1 Å². The first kappa shape index (κ1) is 9.43. The molecule has 1 aliphatic rings. The fraction of sp³-hybridized carbons (Fsp3) is 0.800. The number of carbonyl (C=O) groups is 2. The molecule has 2 nitrogen and oxygen atoms in total. The highest BCUT2D eigenvalue weighted by molar-refractivity contribution is 5.90. The van der Waals surface area contributed by atoms with Crippen LogP contribution in [0.15, 0.2) is 0 Å². The number of rotatable bonds is 2. The lowest BCUT2D eigenvalue weighted by Crippen LogP contribution is -2.32. The molecule has 2 heteroatoms. The van der Waals surface area contributed by atoms with E-state index in [1.54, 1.807) is 6.92 Å². The van der Waals surface area contributed by atoms with E-state index in [0.29, 0.717) is 12.8 Å². The Labute approximate surface area is 73.3 Å². The Morgan fingerprint density at radius 3 is 2.67 bits per heavy atom. The molecule has 0 heterocycles. The lowest BCUT2D eigenvalue weighted by Gasteiger charge is -2.30. The van der Waals surface area contributed by atoms with Crippen LogP contribution in [0.2, 0.25) is 0 Å². The predicted molar refractivity (Wildman–Crippen MR) is 46.9 cm³/mol. The summed E-state index contributed by atoms with van der Waals surface area (Å²) in [4.78, 5) is 22.4. The third-order valence-corrected chi connectivity index (χ3v) is 2.69. The third-order valence-electron chi connectivity index (χ3n) is 2.69. The Balaban J connectivity index is 2.66. The summed E-state index contributed by atoms with van der Waals surface area (Å²) < 4.78 is 0. The summed E-state index contributed by atoms with van der Waals surface area (Å²) in [5.41, 5.74) is -0.329. The molecule has 12 heavy (non-hydrogen) atoms. The maximum atomic E-state index is 11.5. The van der Waals surface area contributed by atoms with E-state index in [-0.39, 0.29) is 17.0 Å². The van der Waals surface area contributed by atoms with E-state index in [2.05, 4.69) is 0 Å². The Kier molecular flexibility index (Phi) is 2.65. The summed E-state index contributed by atoms with van der Waals surface area (Å²) in [7, 11) is 0. The van der Waals surface area contributed by atoms with Gasteiger partial charge in [0.2, 0.25) is 0 Å². The van der Waals surface area contributed by atoms with Crippen molar-refractivity contribution in [3.05, 3.63) is 0 Å². The zero-order valence-electron chi connectivity index (χ0n) is 7.85. The summed E-state index contributed by atoms with van der Waals surface area (Å²) in [6, 6.07) is 0. The smallest absolute Gasteiger partial charge is 0.139 e. The van der Waals surface area contributed by atoms with Crippen LogP contribution in [0.1, 0.15) is 46.0 Å². The standard InChI is InChI=1S/C10H16O2/c1-8(11)7-10(2)6-4-3-5-9(10)12/h3-7H2,1-2H3/t10-/m1/s1. The van der Waals surface area contributed by atoms with E-state index < -0.39 is 0 Å². The lowest BCUT2D eigenvalue weighted by molar-refractivity contribution is -0.134. The van der Waals surface area contributed by atoms with Crippen molar-refractivity contribution in [2.75, 3.05) is 0 Å². The van der Waals surface area contributed by atoms with Crippen LogP contribution in [0.25, 0.3) is 0 Å². The minimum absolute atomic E-state index is 0.132. The van der Waals surface area contributed by atoms with Gasteiger partial charge < -0.3 is 0 Å². The second-order valence-electron chi connectivity index (χ2n) is 4.07. The van der Waals surface area contributed by atoms with Gasteiger partial charge in [0.1, 0.15) is 11.6 Å². The molecule has 68 valence electrons. The summed E-state index contributed by atoms with van der Waals surface area (Å²) in [6.45, 7) is 3.49. The van der Waals surface area contributed by atoms with Crippen LogP contribution in [-0.2, 0) is 9.59 Å². The fourth-order valence-electron chi connectivity index (χ4n) is 1.98. The third kappa shape index (κ3) is 1.93. The van der Waals surface area contributed by atoms with Gasteiger partial charge >= 0.3 is 0 Å². The van der Waals surface area contributed by atoms with Crippen molar-refractivity contribution in [1.29, 1.82) is 0 Å². The Hall–Kier alpha value is -0.660. The SMILES string of the molecule is CC(=O)C[C@@]1(C)CCCCC1=O. The molecule has 0 aliphatic heterocycles. The van der Waals surface area contributed by atoms with E-state index in [9.17, 15) is 9.59 Å². The minimum Gasteiger partial charge on any atom is -0.300 e. The van der Waals surface area contributed by atoms with Gasteiger partial charge in [0, 0.05) is 18.3 Å². The Morgan fingerprint density at radius 1 is 1.50 bits per heavy atom. The first-order chi connectivity index (χ1) is 5.54. The van der Waals surface area contributed by atoms with Crippen molar-refractivity contribution < 1.29 is 9.59 Å². The molecule has 0 bridgehead atoms. The van der Waals surface area contributed by atoms with Crippen molar-refractivity contribution in [1.82, 2.24) is 0 Å². The van der Waals surface area contributed by atoms with Crippen LogP contribution in [0.3, 0.4) is 0 Å². The quantitative estimate of drug-likeness (QED) is 0.633. The van der Waals surface area contributed by atoms with Crippen LogP contribution >= 0.6 is 0 Å². The monoisotopic (exact) mass is 168 g/mol. The molecule has 1 saturated carbocycles. The molecule has 1 aliphatic carbocycles. The zero-order valence-corrected chi connectivity index (χ0v) is 7.85. The average Bonchev–Trinajstić information content (AvgIpc) is 1.94. The maximum absolute atomic E-state index is 11.5. The van der Waals surface area contributed by atoms with E-state index in [0.717, 1.165) is 19.3 Å². The second kappa shape index (κ2) is 3.38. The van der Waals surface area contributed by atoms with Crippen LogP contribution in [0.4, 0.5) is 0 Å². The molecule has 0 aromatic rings. The van der Waals surface area contributed by atoms with Gasteiger partial charge in [-0.1, -0.05) is 13.3 Å². The molecule has 0 saturated heterocycles. The molecule has 0 N–H and O–H groups in total. The summed E-state index contributed by atoms with van der Waals surface area (Å²) in [5.74, 6) is 0.414. The van der Waals surface area contributed by atoms with Crippen molar-refractivity contribution in [3.8, 4) is 0 Å². The van der Waals surface area contributed by atoms with Crippen molar-refractivity contribution >= 4 is 11.6 Å². The first-order valence-corrected chi connectivity index (χ1v) is 4.57. The number of ketones is 2. The minimum atomic E-state index is -0.329. The molecule has 0 radical (unpaired) electrons. The second-order valence-corrected chi connectivity index (χ2v) is 4.07. The number of carbonyl (C=O) groups excluding carboxylic acids is 2. The van der Waals surface area contributed by atoms with Gasteiger partial charge in [-0.25, -0.2) is 0 Å². The van der Waals surface area contributed by atoms with E-state index >= 15 is 0 Å².